The molecular weight excluding hydrogens is 234 g/mol. The summed E-state index contributed by atoms with van der Waals surface area (Å²) in [5.74, 6) is 0. The van der Waals surface area contributed by atoms with Crippen LogP contribution in [-0.2, 0) is 6.54 Å². The van der Waals surface area contributed by atoms with Gasteiger partial charge in [-0.25, -0.2) is 0 Å². The molecule has 0 amide bonds. The Kier molecular flexibility index (Phi) is 5.02. The quantitative estimate of drug-likeness (QED) is 0.877. The van der Waals surface area contributed by atoms with Gasteiger partial charge < -0.3 is 5.32 Å². The lowest BCUT2D eigenvalue weighted by Crippen LogP contribution is -2.49. The Morgan fingerprint density at radius 2 is 2.18 bits per heavy atom. The molecule has 0 aromatic carbocycles. The van der Waals surface area contributed by atoms with E-state index >= 15 is 0 Å². The summed E-state index contributed by atoms with van der Waals surface area (Å²) in [5, 5.41) is 8.06. The van der Waals surface area contributed by atoms with Gasteiger partial charge in [0, 0.05) is 29.9 Å². The second-order valence-corrected chi connectivity index (χ2v) is 5.26. The number of hydrogen-bond acceptors (Lipinski definition) is 2. The van der Waals surface area contributed by atoms with E-state index < -0.39 is 0 Å². The molecule has 0 unspecified atom stereocenters. The summed E-state index contributed by atoms with van der Waals surface area (Å²) in [6.07, 6.45) is 9.43. The number of aromatic nitrogens is 2. The molecule has 0 aliphatic heterocycles. The van der Waals surface area contributed by atoms with Gasteiger partial charge in [0.05, 0.1) is 6.20 Å². The first-order valence-corrected chi connectivity index (χ1v) is 6.43. The molecule has 0 radical (unpaired) electrons. The van der Waals surface area contributed by atoms with Crippen LogP contribution in [0.3, 0.4) is 0 Å². The highest BCUT2D eigenvalue weighted by atomic mass is 35.5. The maximum Gasteiger partial charge on any atom is 0.0534 e. The summed E-state index contributed by atoms with van der Waals surface area (Å²) in [6, 6.07) is 0.456. The van der Waals surface area contributed by atoms with E-state index in [4.69, 9.17) is 0 Å². The summed E-state index contributed by atoms with van der Waals surface area (Å²) in [6.45, 7) is 7.55. The van der Waals surface area contributed by atoms with Crippen LogP contribution in [0.2, 0.25) is 0 Å². The number of hydrogen-bond donors (Lipinski definition) is 1. The van der Waals surface area contributed by atoms with E-state index in [0.717, 1.165) is 6.54 Å². The zero-order valence-electron chi connectivity index (χ0n) is 11.1. The summed E-state index contributed by atoms with van der Waals surface area (Å²) in [4.78, 5) is 0. The molecule has 3 nitrogen and oxygen atoms in total. The highest BCUT2D eigenvalue weighted by molar-refractivity contribution is 5.85. The van der Waals surface area contributed by atoms with Gasteiger partial charge in [-0.3, -0.25) is 4.68 Å². The van der Waals surface area contributed by atoms with Crippen LogP contribution in [0.5, 0.6) is 0 Å². The summed E-state index contributed by atoms with van der Waals surface area (Å²) >= 11 is 0. The Morgan fingerprint density at radius 1 is 1.47 bits per heavy atom. The first kappa shape index (κ1) is 14.5. The Balaban J connectivity index is 0.00000144. The van der Waals surface area contributed by atoms with E-state index in [0.29, 0.717) is 11.6 Å². The van der Waals surface area contributed by atoms with Crippen molar-refractivity contribution < 1.29 is 0 Å². The third-order valence-corrected chi connectivity index (χ3v) is 3.84. The minimum absolute atomic E-state index is 0. The van der Waals surface area contributed by atoms with Crippen molar-refractivity contribution in [2.24, 2.45) is 0 Å². The van der Waals surface area contributed by atoms with Crippen molar-refractivity contribution in [1.82, 2.24) is 15.1 Å². The summed E-state index contributed by atoms with van der Waals surface area (Å²) in [5.41, 5.74) is 1.73. The smallest absolute Gasteiger partial charge is 0.0534 e. The minimum Gasteiger partial charge on any atom is -0.307 e. The zero-order valence-corrected chi connectivity index (χ0v) is 11.9. The molecule has 1 aromatic heterocycles. The van der Waals surface area contributed by atoms with Gasteiger partial charge in [0.1, 0.15) is 0 Å². The van der Waals surface area contributed by atoms with Gasteiger partial charge in [-0.15, -0.1) is 12.4 Å². The molecule has 1 aliphatic rings. The Hall–Kier alpha value is -0.540. The molecule has 0 bridgehead atoms. The molecule has 1 saturated carbocycles. The Morgan fingerprint density at radius 3 is 2.59 bits per heavy atom. The number of halogens is 1. The fourth-order valence-corrected chi connectivity index (χ4v) is 2.30. The standard InChI is InChI=1S/C13H23N3.ClH/c1-4-13(6-5-7-13)14-8-12-9-15-16(10-12)11(2)3;/h9-11,14H,4-8H2,1-3H3;1H. The van der Waals surface area contributed by atoms with Crippen molar-refractivity contribution in [1.29, 1.82) is 0 Å². The van der Waals surface area contributed by atoms with Gasteiger partial charge in [0.25, 0.3) is 0 Å². The van der Waals surface area contributed by atoms with Gasteiger partial charge in [0.2, 0.25) is 0 Å². The molecule has 17 heavy (non-hydrogen) atoms. The Labute approximate surface area is 110 Å². The van der Waals surface area contributed by atoms with Gasteiger partial charge in [-0.1, -0.05) is 6.92 Å². The zero-order chi connectivity index (χ0) is 11.6. The third kappa shape index (κ3) is 3.23. The first-order valence-electron chi connectivity index (χ1n) is 6.43. The average Bonchev–Trinajstić information content (AvgIpc) is 2.65. The highest BCUT2D eigenvalue weighted by Crippen LogP contribution is 2.34. The predicted molar refractivity (Wildman–Crippen MR) is 73.6 cm³/mol. The lowest BCUT2D eigenvalue weighted by atomic mass is 9.75. The van der Waals surface area contributed by atoms with E-state index in [1.807, 2.05) is 10.9 Å². The van der Waals surface area contributed by atoms with Crippen molar-refractivity contribution >= 4 is 12.4 Å². The van der Waals surface area contributed by atoms with Crippen LogP contribution in [-0.4, -0.2) is 15.3 Å². The van der Waals surface area contributed by atoms with Crippen molar-refractivity contribution in [2.45, 2.75) is 64.6 Å². The minimum atomic E-state index is 0. The van der Waals surface area contributed by atoms with Gasteiger partial charge in [-0.2, -0.15) is 5.10 Å². The monoisotopic (exact) mass is 257 g/mol. The molecule has 1 fully saturated rings. The summed E-state index contributed by atoms with van der Waals surface area (Å²) in [7, 11) is 0. The van der Waals surface area contributed by atoms with E-state index in [9.17, 15) is 0 Å². The highest BCUT2D eigenvalue weighted by Gasteiger charge is 2.34. The maximum absolute atomic E-state index is 4.36. The van der Waals surface area contributed by atoms with Crippen LogP contribution in [0.25, 0.3) is 0 Å². The maximum atomic E-state index is 4.36. The van der Waals surface area contributed by atoms with Gasteiger partial charge >= 0.3 is 0 Å². The molecule has 1 aromatic rings. The van der Waals surface area contributed by atoms with E-state index in [1.165, 1.54) is 31.2 Å². The van der Waals surface area contributed by atoms with E-state index in [2.05, 4.69) is 37.4 Å². The van der Waals surface area contributed by atoms with Gasteiger partial charge in [-0.05, 0) is 39.5 Å². The van der Waals surface area contributed by atoms with Crippen LogP contribution in [0.1, 0.15) is 58.1 Å². The fourth-order valence-electron chi connectivity index (χ4n) is 2.30. The molecular formula is C13H24ClN3. The molecule has 0 spiro atoms. The lowest BCUT2D eigenvalue weighted by molar-refractivity contribution is 0.175. The number of nitrogens with one attached hydrogen (secondary N) is 1. The average molecular weight is 258 g/mol. The fraction of sp³-hybridized carbons (Fsp3) is 0.769. The van der Waals surface area contributed by atoms with Crippen molar-refractivity contribution in [3.63, 3.8) is 0 Å². The van der Waals surface area contributed by atoms with E-state index in [-0.39, 0.29) is 12.4 Å². The molecule has 98 valence electrons. The number of rotatable bonds is 5. The van der Waals surface area contributed by atoms with Crippen LogP contribution < -0.4 is 5.32 Å². The number of nitrogens with zero attached hydrogens (tertiary/aromatic N) is 2. The van der Waals surface area contributed by atoms with Crippen LogP contribution >= 0.6 is 12.4 Å². The lowest BCUT2D eigenvalue weighted by Gasteiger charge is -2.42. The molecule has 1 N–H and O–H groups in total. The molecule has 1 heterocycles. The van der Waals surface area contributed by atoms with Crippen LogP contribution in [0.15, 0.2) is 12.4 Å². The van der Waals surface area contributed by atoms with Crippen molar-refractivity contribution in [3.05, 3.63) is 18.0 Å². The van der Waals surface area contributed by atoms with Crippen molar-refractivity contribution in [2.75, 3.05) is 0 Å². The van der Waals surface area contributed by atoms with Gasteiger partial charge in [0.15, 0.2) is 0 Å². The second kappa shape index (κ2) is 5.87. The SMILES string of the molecule is CCC1(NCc2cnn(C(C)C)c2)CCC1.Cl. The normalized spacial score (nSPS) is 17.6. The molecule has 1 aliphatic carbocycles. The Bertz CT molecular complexity index is 337. The topological polar surface area (TPSA) is 29.9 Å². The third-order valence-electron chi connectivity index (χ3n) is 3.84. The molecule has 0 atom stereocenters. The van der Waals surface area contributed by atoms with Crippen LogP contribution in [0.4, 0.5) is 0 Å². The largest absolute Gasteiger partial charge is 0.307 e. The van der Waals surface area contributed by atoms with Crippen LogP contribution in [0, 0.1) is 0 Å². The molecule has 4 heteroatoms. The molecule has 0 saturated heterocycles. The second-order valence-electron chi connectivity index (χ2n) is 5.26. The van der Waals surface area contributed by atoms with E-state index in [1.54, 1.807) is 0 Å². The summed E-state index contributed by atoms with van der Waals surface area (Å²) < 4.78 is 2.02. The van der Waals surface area contributed by atoms with Crippen molar-refractivity contribution in [3.8, 4) is 0 Å². The molecule has 2 rings (SSSR count). The predicted octanol–water partition coefficient (Wildman–Crippen LogP) is 3.31. The first-order chi connectivity index (χ1) is 7.65.